The molecule has 2 aromatic rings. The minimum atomic E-state index is -0.0439. The first-order valence-corrected chi connectivity index (χ1v) is 10.6. The van der Waals surface area contributed by atoms with Crippen molar-refractivity contribution in [2.24, 2.45) is 0 Å². The van der Waals surface area contributed by atoms with E-state index in [2.05, 4.69) is 40.5 Å². The Morgan fingerprint density at radius 3 is 2.31 bits per heavy atom. The van der Waals surface area contributed by atoms with E-state index in [0.717, 1.165) is 31.7 Å². The highest BCUT2D eigenvalue weighted by molar-refractivity contribution is 5.83. The largest absolute Gasteiger partial charge is 0.348 e. The number of amides is 3. The van der Waals surface area contributed by atoms with Crippen LogP contribution in [0.5, 0.6) is 0 Å². The molecule has 3 rings (SSSR count). The molecule has 0 aromatic heterocycles. The van der Waals surface area contributed by atoms with Crippen molar-refractivity contribution in [1.29, 1.82) is 0 Å². The minimum absolute atomic E-state index is 0.0224. The number of fused-ring (bicyclic) bond motifs is 1. The van der Waals surface area contributed by atoms with E-state index in [-0.39, 0.29) is 18.0 Å². The summed E-state index contributed by atoms with van der Waals surface area (Å²) in [6.45, 7) is 10.6. The van der Waals surface area contributed by atoms with Crippen molar-refractivity contribution >= 4 is 22.7 Å². The van der Waals surface area contributed by atoms with Crippen LogP contribution in [0, 0.1) is 0 Å². The number of hydrogen-bond acceptors (Lipinski definition) is 3. The van der Waals surface area contributed by atoms with E-state index >= 15 is 0 Å². The van der Waals surface area contributed by atoms with E-state index in [1.54, 1.807) is 0 Å². The fourth-order valence-electron chi connectivity index (χ4n) is 3.84. The minimum Gasteiger partial charge on any atom is -0.348 e. The molecule has 1 saturated heterocycles. The second kappa shape index (κ2) is 9.74. The summed E-state index contributed by atoms with van der Waals surface area (Å²) in [4.78, 5) is 30.8. The van der Waals surface area contributed by atoms with Gasteiger partial charge in [0.05, 0.1) is 12.6 Å². The Kier molecular flexibility index (Phi) is 7.09. The lowest BCUT2D eigenvalue weighted by Gasteiger charge is -2.37. The number of benzene rings is 2. The lowest BCUT2D eigenvalue weighted by Crippen LogP contribution is -2.54. The molecule has 0 spiro atoms. The van der Waals surface area contributed by atoms with Crippen molar-refractivity contribution in [2.45, 2.75) is 26.8 Å². The van der Waals surface area contributed by atoms with E-state index < -0.39 is 0 Å². The molecule has 0 aliphatic carbocycles. The molecule has 1 unspecified atom stereocenters. The molecule has 1 heterocycles. The molecule has 0 bridgehead atoms. The highest BCUT2D eigenvalue weighted by atomic mass is 16.2. The Morgan fingerprint density at radius 1 is 1.00 bits per heavy atom. The molecular formula is C23H32N4O2. The molecular weight excluding hydrogens is 364 g/mol. The van der Waals surface area contributed by atoms with Crippen molar-refractivity contribution in [2.75, 3.05) is 45.8 Å². The van der Waals surface area contributed by atoms with Crippen molar-refractivity contribution in [1.82, 2.24) is 20.0 Å². The molecule has 1 aliphatic heterocycles. The van der Waals surface area contributed by atoms with Gasteiger partial charge in [-0.25, -0.2) is 4.79 Å². The van der Waals surface area contributed by atoms with Gasteiger partial charge in [-0.1, -0.05) is 36.4 Å². The Hall–Kier alpha value is -2.60. The van der Waals surface area contributed by atoms with Gasteiger partial charge < -0.3 is 15.1 Å². The Bertz CT molecular complexity index is 842. The van der Waals surface area contributed by atoms with E-state index in [0.29, 0.717) is 19.6 Å². The van der Waals surface area contributed by atoms with Crippen LogP contribution in [-0.4, -0.2) is 72.5 Å². The van der Waals surface area contributed by atoms with Crippen LogP contribution in [0.4, 0.5) is 4.79 Å². The third-order valence-corrected chi connectivity index (χ3v) is 5.70. The molecule has 2 aromatic carbocycles. The zero-order valence-electron chi connectivity index (χ0n) is 17.7. The van der Waals surface area contributed by atoms with Gasteiger partial charge in [-0.05, 0) is 43.2 Å². The second-order valence-corrected chi connectivity index (χ2v) is 7.61. The van der Waals surface area contributed by atoms with Crippen LogP contribution in [0.3, 0.4) is 0 Å². The van der Waals surface area contributed by atoms with Crippen LogP contribution < -0.4 is 5.32 Å². The predicted octanol–water partition coefficient (Wildman–Crippen LogP) is 3.10. The normalized spacial score (nSPS) is 15.9. The number of urea groups is 1. The fraction of sp³-hybridized carbons (Fsp3) is 0.478. The quantitative estimate of drug-likeness (QED) is 0.816. The summed E-state index contributed by atoms with van der Waals surface area (Å²) in [5.41, 5.74) is 1.10. The molecule has 156 valence electrons. The molecule has 0 saturated carbocycles. The van der Waals surface area contributed by atoms with Gasteiger partial charge in [0.2, 0.25) is 5.91 Å². The second-order valence-electron chi connectivity index (χ2n) is 7.61. The summed E-state index contributed by atoms with van der Waals surface area (Å²) in [6, 6.07) is 14.6. The van der Waals surface area contributed by atoms with Gasteiger partial charge in [0.1, 0.15) is 0 Å². The van der Waals surface area contributed by atoms with E-state index in [9.17, 15) is 9.59 Å². The molecule has 1 fully saturated rings. The SMILES string of the molecule is CCN(CC)C(=O)N1CCN(CC(=O)NC(C)c2ccc3ccccc3c2)CC1. The number of nitrogens with one attached hydrogen (secondary N) is 1. The summed E-state index contributed by atoms with van der Waals surface area (Å²) in [5, 5.41) is 5.49. The summed E-state index contributed by atoms with van der Waals surface area (Å²) < 4.78 is 0. The summed E-state index contributed by atoms with van der Waals surface area (Å²) in [7, 11) is 0. The molecule has 6 heteroatoms. The van der Waals surface area contributed by atoms with Crippen LogP contribution in [0.25, 0.3) is 10.8 Å². The molecule has 1 atom stereocenters. The first kappa shape index (κ1) is 21.1. The summed E-state index contributed by atoms with van der Waals surface area (Å²) in [5.74, 6) is 0.0224. The fourth-order valence-corrected chi connectivity index (χ4v) is 3.84. The first-order valence-electron chi connectivity index (χ1n) is 10.6. The third kappa shape index (κ3) is 5.26. The lowest BCUT2D eigenvalue weighted by molar-refractivity contribution is -0.123. The van der Waals surface area contributed by atoms with E-state index in [1.807, 2.05) is 42.7 Å². The van der Waals surface area contributed by atoms with Crippen molar-refractivity contribution in [3.8, 4) is 0 Å². The number of carbonyl (C=O) groups is 2. The van der Waals surface area contributed by atoms with Crippen molar-refractivity contribution in [3.63, 3.8) is 0 Å². The summed E-state index contributed by atoms with van der Waals surface area (Å²) >= 11 is 0. The van der Waals surface area contributed by atoms with Crippen molar-refractivity contribution < 1.29 is 9.59 Å². The first-order chi connectivity index (χ1) is 14.0. The monoisotopic (exact) mass is 396 g/mol. The molecule has 1 aliphatic rings. The summed E-state index contributed by atoms with van der Waals surface area (Å²) in [6.07, 6.45) is 0. The van der Waals surface area contributed by atoms with Gasteiger partial charge in [0.15, 0.2) is 0 Å². The van der Waals surface area contributed by atoms with Gasteiger partial charge >= 0.3 is 6.03 Å². The maximum absolute atomic E-state index is 12.5. The molecule has 1 N–H and O–H groups in total. The molecule has 6 nitrogen and oxygen atoms in total. The molecule has 3 amide bonds. The number of piperazine rings is 1. The number of carbonyl (C=O) groups excluding carboxylic acids is 2. The highest BCUT2D eigenvalue weighted by Gasteiger charge is 2.25. The van der Waals surface area contributed by atoms with Crippen LogP contribution in [-0.2, 0) is 4.79 Å². The van der Waals surface area contributed by atoms with Gasteiger partial charge in [-0.3, -0.25) is 9.69 Å². The maximum atomic E-state index is 12.5. The standard InChI is InChI=1S/C23H32N4O2/c1-4-26(5-2)23(29)27-14-12-25(13-15-27)17-22(28)24-18(3)20-11-10-19-8-6-7-9-21(19)16-20/h6-11,16,18H,4-5,12-15,17H2,1-3H3,(H,24,28). The zero-order chi connectivity index (χ0) is 20.8. The van der Waals surface area contributed by atoms with Gasteiger partial charge in [0, 0.05) is 39.3 Å². The average molecular weight is 397 g/mol. The van der Waals surface area contributed by atoms with Crippen LogP contribution in [0.2, 0.25) is 0 Å². The number of nitrogens with zero attached hydrogens (tertiary/aromatic N) is 3. The number of rotatable bonds is 6. The van der Waals surface area contributed by atoms with Gasteiger partial charge in [-0.2, -0.15) is 0 Å². The van der Waals surface area contributed by atoms with Gasteiger partial charge in [0.25, 0.3) is 0 Å². The maximum Gasteiger partial charge on any atom is 0.320 e. The Balaban J connectivity index is 1.49. The van der Waals surface area contributed by atoms with E-state index in [4.69, 9.17) is 0 Å². The Morgan fingerprint density at radius 2 is 1.66 bits per heavy atom. The molecule has 0 radical (unpaired) electrons. The topological polar surface area (TPSA) is 55.9 Å². The van der Waals surface area contributed by atoms with Crippen LogP contribution >= 0.6 is 0 Å². The average Bonchev–Trinajstić information content (AvgIpc) is 2.74. The van der Waals surface area contributed by atoms with Crippen LogP contribution in [0.1, 0.15) is 32.4 Å². The zero-order valence-corrected chi connectivity index (χ0v) is 17.7. The lowest BCUT2D eigenvalue weighted by atomic mass is 10.0. The van der Waals surface area contributed by atoms with Gasteiger partial charge in [-0.15, -0.1) is 0 Å². The Labute approximate surface area is 173 Å². The van der Waals surface area contributed by atoms with E-state index in [1.165, 1.54) is 10.8 Å². The predicted molar refractivity (Wildman–Crippen MR) is 117 cm³/mol. The molecule has 29 heavy (non-hydrogen) atoms. The number of hydrogen-bond donors (Lipinski definition) is 1. The van der Waals surface area contributed by atoms with Crippen molar-refractivity contribution in [3.05, 3.63) is 48.0 Å². The highest BCUT2D eigenvalue weighted by Crippen LogP contribution is 2.20. The van der Waals surface area contributed by atoms with Crippen LogP contribution in [0.15, 0.2) is 42.5 Å². The smallest absolute Gasteiger partial charge is 0.320 e. The third-order valence-electron chi connectivity index (χ3n) is 5.70.